The van der Waals surface area contributed by atoms with Crippen LogP contribution < -0.4 is 42.8 Å². The van der Waals surface area contributed by atoms with E-state index in [1.54, 1.807) is 35.0 Å². The van der Waals surface area contributed by atoms with Crippen LogP contribution in [0.25, 0.3) is 33.7 Å². The lowest BCUT2D eigenvalue weighted by atomic mass is 9.95. The third-order valence-electron chi connectivity index (χ3n) is 11.7. The van der Waals surface area contributed by atoms with Crippen LogP contribution in [0.4, 0.5) is 17.3 Å². The Morgan fingerprint density at radius 3 is 2.29 bits per heavy atom. The van der Waals surface area contributed by atoms with E-state index in [9.17, 15) is 48.6 Å². The number of nitrogen functional groups attached to an aromatic ring is 1. The zero-order chi connectivity index (χ0) is 52.2. The molecule has 4 heterocycles. The quantitative estimate of drug-likeness (QED) is 0.0439. The molecule has 0 saturated carbocycles. The molecule has 0 aliphatic carbocycles. The molecule has 73 heavy (non-hydrogen) atoms. The maximum atomic E-state index is 13.9. The molecule has 0 fully saturated rings. The normalized spacial score (nSPS) is 12.9. The number of fused-ring (bicyclic) bond motifs is 6. The number of aromatic amines is 1. The van der Waals surface area contributed by atoms with Crippen LogP contribution in [0.2, 0.25) is 0 Å². The van der Waals surface area contributed by atoms with Crippen LogP contribution in [0.3, 0.4) is 0 Å². The van der Waals surface area contributed by atoms with Gasteiger partial charge in [-0.3, -0.25) is 33.8 Å². The number of hydrogen-bond acceptors (Lipinski definition) is 16. The number of nitrogens with one attached hydrogen (secondary N) is 6. The van der Waals surface area contributed by atoms with Crippen molar-refractivity contribution >= 4 is 81.7 Å². The molecule has 3 atom stereocenters. The Morgan fingerprint density at radius 1 is 0.822 bits per heavy atom. The fourth-order valence-corrected chi connectivity index (χ4v) is 8.57. The molecular weight excluding hydrogens is 965 g/mol. The molecule has 1 aliphatic rings. The average Bonchev–Trinajstić information content (AvgIpc) is 3.75. The average molecular weight is 1020 g/mol. The fraction of sp³-hybridized carbons (Fsp3) is 0.312. The van der Waals surface area contributed by atoms with Crippen molar-refractivity contribution in [2.45, 2.75) is 69.7 Å². The molecule has 1 aliphatic heterocycles. The zero-order valence-electron chi connectivity index (χ0n) is 39.6. The molecule has 0 radical (unpaired) electrons. The van der Waals surface area contributed by atoms with E-state index in [1.165, 1.54) is 30.1 Å². The van der Waals surface area contributed by atoms with Gasteiger partial charge >= 0.3 is 11.9 Å². The number of hydrogen-bond donors (Lipinski definition) is 9. The molecule has 380 valence electrons. The molecule has 0 saturated heterocycles. The number of para-hydroxylation sites is 1. The van der Waals surface area contributed by atoms with Crippen LogP contribution in [0.15, 0.2) is 83.8 Å². The number of nitrogens with zero attached hydrogens (tertiary/aromatic N) is 7. The van der Waals surface area contributed by atoms with Crippen LogP contribution in [0, 0.1) is 0 Å². The zero-order valence-corrected chi connectivity index (χ0v) is 40.4. The smallest absolute Gasteiger partial charge is 0.327 e. The lowest BCUT2D eigenvalue weighted by Crippen LogP contribution is -2.52. The number of anilines is 3. The maximum Gasteiger partial charge on any atom is 0.327 e. The first-order valence-corrected chi connectivity index (χ1v) is 24.3. The lowest BCUT2D eigenvalue weighted by molar-refractivity contribution is -0.141. The molecule has 6 aromatic rings. The van der Waals surface area contributed by atoms with E-state index in [1.807, 2.05) is 48.5 Å². The molecule has 24 nitrogen and oxygen atoms in total. The van der Waals surface area contributed by atoms with Gasteiger partial charge in [0, 0.05) is 61.0 Å². The first kappa shape index (κ1) is 52.1. The van der Waals surface area contributed by atoms with Gasteiger partial charge in [-0.25, -0.2) is 24.2 Å². The summed E-state index contributed by atoms with van der Waals surface area (Å²) in [5, 5.41) is 41.6. The van der Waals surface area contributed by atoms with Crippen LogP contribution in [0.5, 0.6) is 0 Å². The van der Waals surface area contributed by atoms with E-state index >= 15 is 0 Å². The predicted octanol–water partition coefficient (Wildman–Crippen LogP) is 1.97. The number of carboxylic acids is 2. The predicted molar refractivity (Wildman–Crippen MR) is 269 cm³/mol. The van der Waals surface area contributed by atoms with Crippen molar-refractivity contribution in [3.63, 3.8) is 0 Å². The van der Waals surface area contributed by atoms with Gasteiger partial charge in [0.05, 0.1) is 36.4 Å². The second-order valence-electron chi connectivity index (χ2n) is 16.9. The summed E-state index contributed by atoms with van der Waals surface area (Å²) in [6.07, 6.45) is 2.09. The van der Waals surface area contributed by atoms with Gasteiger partial charge in [0.2, 0.25) is 29.6 Å². The molecule has 3 aromatic heterocycles. The SMILES string of the molecule is CSC[C@H](NC(=O)C(CCCNC(=O)CCC(=O)N1Cc2ccccc2-c2nnn(C)c2-c2ccccc21)NC(=O)CC[C@H](NC(=O)c1ccc(NCc2cnc3nc(N)[nH]c(=O)c3n2)cc1)C(=O)O)C(=O)O. The van der Waals surface area contributed by atoms with E-state index in [2.05, 4.69) is 56.8 Å². The first-order chi connectivity index (χ1) is 35.1. The molecule has 1 unspecified atom stereocenters. The number of aryl methyl sites for hydroxylation is 1. The second kappa shape index (κ2) is 23.9. The second-order valence-corrected chi connectivity index (χ2v) is 17.8. The van der Waals surface area contributed by atoms with Gasteiger partial charge in [0.15, 0.2) is 11.2 Å². The number of carbonyl (C=O) groups excluding carboxylic acids is 5. The highest BCUT2D eigenvalue weighted by Gasteiger charge is 2.30. The molecule has 10 N–H and O–H groups in total. The number of carboxylic acid groups (broad SMARTS) is 2. The minimum Gasteiger partial charge on any atom is -0.480 e. The van der Waals surface area contributed by atoms with Crippen molar-refractivity contribution in [2.24, 2.45) is 7.05 Å². The lowest BCUT2D eigenvalue weighted by Gasteiger charge is -2.28. The third-order valence-corrected chi connectivity index (χ3v) is 12.4. The number of rotatable bonds is 22. The van der Waals surface area contributed by atoms with Gasteiger partial charge in [0.1, 0.15) is 23.8 Å². The number of carbonyl (C=O) groups is 7. The molecule has 25 heteroatoms. The molecule has 7 rings (SSSR count). The van der Waals surface area contributed by atoms with E-state index in [-0.39, 0.29) is 86.1 Å². The minimum absolute atomic E-state index is 0.0102. The Kier molecular flexibility index (Phi) is 17.1. The van der Waals surface area contributed by atoms with Gasteiger partial charge in [0.25, 0.3) is 11.5 Å². The van der Waals surface area contributed by atoms with E-state index < -0.39 is 65.7 Å². The Balaban J connectivity index is 0.906. The summed E-state index contributed by atoms with van der Waals surface area (Å²) in [6, 6.07) is 17.0. The minimum atomic E-state index is -1.51. The van der Waals surface area contributed by atoms with Gasteiger partial charge < -0.3 is 47.4 Å². The number of nitrogens with two attached hydrogens (primary N) is 1. The summed E-state index contributed by atoms with van der Waals surface area (Å²) < 4.78 is 1.66. The summed E-state index contributed by atoms with van der Waals surface area (Å²) >= 11 is 1.18. The summed E-state index contributed by atoms with van der Waals surface area (Å²) in [4.78, 5) is 120. The number of H-pyrrole nitrogens is 1. The topological polar surface area (TPSA) is 352 Å². The molecule has 0 spiro atoms. The Hall–Kier alpha value is -8.74. The van der Waals surface area contributed by atoms with Crippen LogP contribution in [0.1, 0.15) is 60.1 Å². The molecule has 0 bridgehead atoms. The summed E-state index contributed by atoms with van der Waals surface area (Å²) in [5.74, 6) is -5.79. The van der Waals surface area contributed by atoms with Crippen molar-refractivity contribution < 1.29 is 43.8 Å². The highest BCUT2D eigenvalue weighted by atomic mass is 32.2. The van der Waals surface area contributed by atoms with Crippen molar-refractivity contribution in [1.29, 1.82) is 0 Å². The van der Waals surface area contributed by atoms with E-state index in [0.29, 0.717) is 22.8 Å². The van der Waals surface area contributed by atoms with Gasteiger partial charge in [-0.05, 0) is 61.4 Å². The highest BCUT2D eigenvalue weighted by molar-refractivity contribution is 7.98. The monoisotopic (exact) mass is 1020 g/mol. The fourth-order valence-electron chi connectivity index (χ4n) is 8.01. The maximum absolute atomic E-state index is 13.9. The van der Waals surface area contributed by atoms with E-state index in [4.69, 9.17) is 5.73 Å². The van der Waals surface area contributed by atoms with Crippen molar-refractivity contribution in [2.75, 3.05) is 34.5 Å². The number of aromatic nitrogens is 7. The molecular formula is C48H52N14O10S. The van der Waals surface area contributed by atoms with Crippen LogP contribution >= 0.6 is 11.8 Å². The Bertz CT molecular complexity index is 3110. The number of amides is 5. The summed E-state index contributed by atoms with van der Waals surface area (Å²) in [7, 11) is 1.78. The van der Waals surface area contributed by atoms with Gasteiger partial charge in [-0.2, -0.15) is 16.7 Å². The molecule has 5 amide bonds. The van der Waals surface area contributed by atoms with Crippen LogP contribution in [-0.4, -0.2) is 123 Å². The Morgan fingerprint density at radius 2 is 1.55 bits per heavy atom. The Labute approximate surface area is 420 Å². The number of thioether (sulfide) groups is 1. The van der Waals surface area contributed by atoms with Gasteiger partial charge in [-0.1, -0.05) is 47.7 Å². The van der Waals surface area contributed by atoms with Crippen molar-refractivity contribution in [3.8, 4) is 22.5 Å². The third kappa shape index (κ3) is 13.2. The summed E-state index contributed by atoms with van der Waals surface area (Å²) in [5.41, 5.74) is 10.7. The van der Waals surface area contributed by atoms with Crippen molar-refractivity contribution in [1.82, 2.24) is 56.2 Å². The van der Waals surface area contributed by atoms with E-state index in [0.717, 1.165) is 22.4 Å². The largest absolute Gasteiger partial charge is 0.480 e. The highest BCUT2D eigenvalue weighted by Crippen LogP contribution is 2.41. The first-order valence-electron chi connectivity index (χ1n) is 22.9. The van der Waals surface area contributed by atoms with Gasteiger partial charge in [-0.15, -0.1) is 5.10 Å². The standard InChI is InChI=1S/C48H52N14O10S/c1-61-41-31-10-5-6-12-35(31)62(24-27-8-3-4-9-30(27)39(41)59-60-61)38(65)20-19-36(63)50-21-7-11-32(44(67)56-34(25-73-2)47(71)72)54-37(64)18-17-33(46(69)70)55-43(66)26-13-15-28(16-14-26)51-22-29-23-52-42-40(53-29)45(68)58-48(49)57-42/h3-6,8-10,12-16,23,32-34,51H,7,11,17-22,24-25H2,1-2H3,(H,50,63)(H,54,64)(H,55,66)(H,56,67)(H,69,70)(H,71,72)(H3,49,52,57,58,68)/t32?,33-,34-/m0/s1. The van der Waals surface area contributed by atoms with Crippen molar-refractivity contribution in [3.05, 3.63) is 106 Å². The number of benzene rings is 3. The van der Waals surface area contributed by atoms with Crippen LogP contribution in [-0.2, 0) is 48.9 Å². The molecule has 3 aromatic carbocycles. The summed E-state index contributed by atoms with van der Waals surface area (Å²) in [6.45, 7) is 0.421. The number of aliphatic carboxylic acids is 2.